The molecule has 1 aromatic rings. The van der Waals surface area contributed by atoms with E-state index in [0.29, 0.717) is 16.3 Å². The van der Waals surface area contributed by atoms with Crippen LogP contribution in [0.1, 0.15) is 6.92 Å². The van der Waals surface area contributed by atoms with Gasteiger partial charge in [-0.25, -0.2) is 0 Å². The Kier molecular flexibility index (Phi) is 5.59. The van der Waals surface area contributed by atoms with Gasteiger partial charge in [0.05, 0.1) is 6.07 Å². The highest BCUT2D eigenvalue weighted by atomic mass is 35.5. The van der Waals surface area contributed by atoms with Gasteiger partial charge >= 0.3 is 0 Å². The first kappa shape index (κ1) is 14.7. The molecule has 0 bridgehead atoms. The summed E-state index contributed by atoms with van der Waals surface area (Å²) in [7, 11) is 0. The molecule has 0 atom stereocenters. The maximum atomic E-state index is 11.8. The van der Waals surface area contributed by atoms with Crippen LogP contribution in [0.2, 0.25) is 5.02 Å². The van der Waals surface area contributed by atoms with Gasteiger partial charge in [0, 0.05) is 21.9 Å². The van der Waals surface area contributed by atoms with Gasteiger partial charge in [0.25, 0.3) is 5.91 Å². The lowest BCUT2D eigenvalue weighted by atomic mass is 10.2. The smallest absolute Gasteiger partial charge is 0.255 e. The summed E-state index contributed by atoms with van der Waals surface area (Å²) in [6.45, 7) is 5.40. The number of anilines is 1. The summed E-state index contributed by atoms with van der Waals surface area (Å²) in [5.74, 6) is -0.327. The first-order valence-electron chi connectivity index (χ1n) is 5.57. The van der Waals surface area contributed by atoms with E-state index in [9.17, 15) is 4.79 Å². The van der Waals surface area contributed by atoms with Crippen LogP contribution in [0.3, 0.4) is 0 Å². The molecule has 0 spiro atoms. The molecule has 0 aliphatic heterocycles. The molecule has 19 heavy (non-hydrogen) atoms. The minimum atomic E-state index is -0.327. The molecule has 1 rings (SSSR count). The van der Waals surface area contributed by atoms with E-state index in [-0.39, 0.29) is 11.5 Å². The fourth-order valence-corrected chi connectivity index (χ4v) is 1.33. The molecule has 4 heteroatoms. The average molecular weight is 273 g/mol. The van der Waals surface area contributed by atoms with Crippen molar-refractivity contribution >= 4 is 23.2 Å². The van der Waals surface area contributed by atoms with Gasteiger partial charge in [-0.05, 0) is 43.3 Å². The Bertz CT molecular complexity index is 577. The van der Waals surface area contributed by atoms with E-state index in [1.807, 2.05) is 6.07 Å². The van der Waals surface area contributed by atoms with Gasteiger partial charge < -0.3 is 5.32 Å². The summed E-state index contributed by atoms with van der Waals surface area (Å²) in [5, 5.41) is 12.0. The van der Waals surface area contributed by atoms with Crippen LogP contribution in [0.4, 0.5) is 5.69 Å². The van der Waals surface area contributed by atoms with Crippen molar-refractivity contribution in [3.05, 3.63) is 65.2 Å². The lowest BCUT2D eigenvalue weighted by Crippen LogP contribution is -2.12. The molecule has 1 aromatic carbocycles. The average Bonchev–Trinajstić information content (AvgIpc) is 2.42. The van der Waals surface area contributed by atoms with E-state index in [1.54, 1.807) is 43.3 Å². The number of hydrogen-bond acceptors (Lipinski definition) is 2. The molecule has 0 aliphatic rings. The number of rotatable bonds is 4. The topological polar surface area (TPSA) is 52.9 Å². The number of benzene rings is 1. The van der Waals surface area contributed by atoms with E-state index in [4.69, 9.17) is 16.9 Å². The van der Waals surface area contributed by atoms with Crippen LogP contribution in [0.5, 0.6) is 0 Å². The van der Waals surface area contributed by atoms with Gasteiger partial charge in [-0.15, -0.1) is 0 Å². The summed E-state index contributed by atoms with van der Waals surface area (Å²) in [6, 6.07) is 8.75. The quantitative estimate of drug-likeness (QED) is 0.514. The zero-order chi connectivity index (χ0) is 14.3. The predicted molar refractivity (Wildman–Crippen MR) is 77.7 cm³/mol. The van der Waals surface area contributed by atoms with Crippen LogP contribution in [0.25, 0.3) is 0 Å². The Balaban J connectivity index is 2.66. The van der Waals surface area contributed by atoms with E-state index in [0.717, 1.165) is 0 Å². The lowest BCUT2D eigenvalue weighted by Gasteiger charge is -2.04. The number of nitrogens with one attached hydrogen (secondary N) is 1. The standard InChI is InChI=1S/C15H13ClN2O/c1-3-12(10-17)5-4-11(2)15(19)18-14-8-6-13(16)7-9-14/h3-9H,2H2,1H3,(H,18,19)/b5-4-,12-3+. The fraction of sp³-hybridized carbons (Fsp3) is 0.0667. The van der Waals surface area contributed by atoms with Crippen molar-refractivity contribution in [3.63, 3.8) is 0 Å². The van der Waals surface area contributed by atoms with Crippen LogP contribution in [0.15, 0.2) is 60.2 Å². The molecule has 0 saturated carbocycles. The van der Waals surface area contributed by atoms with E-state index >= 15 is 0 Å². The molecule has 0 saturated heterocycles. The van der Waals surface area contributed by atoms with Crippen LogP contribution < -0.4 is 5.32 Å². The number of hydrogen-bond donors (Lipinski definition) is 1. The maximum absolute atomic E-state index is 11.8. The van der Waals surface area contributed by atoms with Crippen molar-refractivity contribution < 1.29 is 4.79 Å². The molecule has 0 fully saturated rings. The molecule has 96 valence electrons. The van der Waals surface area contributed by atoms with Gasteiger partial charge in [-0.2, -0.15) is 5.26 Å². The van der Waals surface area contributed by atoms with Crippen molar-refractivity contribution in [2.24, 2.45) is 0 Å². The van der Waals surface area contributed by atoms with Crippen LogP contribution in [-0.4, -0.2) is 5.91 Å². The Morgan fingerprint density at radius 1 is 1.37 bits per heavy atom. The Morgan fingerprint density at radius 3 is 2.53 bits per heavy atom. The molecule has 3 nitrogen and oxygen atoms in total. The molecule has 0 unspecified atom stereocenters. The van der Waals surface area contributed by atoms with Gasteiger partial charge in [0.2, 0.25) is 0 Å². The zero-order valence-corrected chi connectivity index (χ0v) is 11.2. The van der Waals surface area contributed by atoms with Crippen molar-refractivity contribution in [2.75, 3.05) is 5.32 Å². The largest absolute Gasteiger partial charge is 0.322 e. The second kappa shape index (κ2) is 7.20. The Morgan fingerprint density at radius 2 is 2.00 bits per heavy atom. The maximum Gasteiger partial charge on any atom is 0.255 e. The van der Waals surface area contributed by atoms with Gasteiger partial charge in [0.15, 0.2) is 0 Å². The summed E-state index contributed by atoms with van der Waals surface area (Å²) >= 11 is 5.75. The van der Waals surface area contributed by atoms with Gasteiger partial charge in [-0.3, -0.25) is 4.79 Å². The third-order valence-electron chi connectivity index (χ3n) is 2.30. The number of carbonyl (C=O) groups is 1. The minimum absolute atomic E-state index is 0.268. The van der Waals surface area contributed by atoms with Crippen molar-refractivity contribution in [1.29, 1.82) is 5.26 Å². The van der Waals surface area contributed by atoms with Crippen molar-refractivity contribution in [3.8, 4) is 6.07 Å². The fourth-order valence-electron chi connectivity index (χ4n) is 1.21. The van der Waals surface area contributed by atoms with Crippen molar-refractivity contribution in [2.45, 2.75) is 6.92 Å². The molecule has 0 heterocycles. The first-order chi connectivity index (χ1) is 9.06. The van der Waals surface area contributed by atoms with Gasteiger partial charge in [-0.1, -0.05) is 24.3 Å². The van der Waals surface area contributed by atoms with Crippen LogP contribution in [0, 0.1) is 11.3 Å². The van der Waals surface area contributed by atoms with E-state index in [2.05, 4.69) is 11.9 Å². The molecular formula is C15H13ClN2O. The first-order valence-corrected chi connectivity index (χ1v) is 5.95. The highest BCUT2D eigenvalue weighted by molar-refractivity contribution is 6.30. The highest BCUT2D eigenvalue weighted by Crippen LogP contribution is 2.14. The third-order valence-corrected chi connectivity index (χ3v) is 2.55. The molecule has 0 aliphatic carbocycles. The van der Waals surface area contributed by atoms with E-state index < -0.39 is 0 Å². The number of halogens is 1. The zero-order valence-electron chi connectivity index (χ0n) is 10.5. The number of allylic oxidation sites excluding steroid dienone is 3. The monoisotopic (exact) mass is 272 g/mol. The number of carbonyl (C=O) groups excluding carboxylic acids is 1. The van der Waals surface area contributed by atoms with Crippen LogP contribution in [-0.2, 0) is 4.79 Å². The van der Waals surface area contributed by atoms with E-state index in [1.165, 1.54) is 6.08 Å². The number of nitrogens with zero attached hydrogens (tertiary/aromatic N) is 1. The third kappa shape index (κ3) is 4.82. The van der Waals surface area contributed by atoms with Crippen molar-refractivity contribution in [1.82, 2.24) is 0 Å². The molecule has 0 radical (unpaired) electrons. The Hall–Kier alpha value is -2.31. The van der Waals surface area contributed by atoms with Gasteiger partial charge in [0.1, 0.15) is 0 Å². The number of nitriles is 1. The second-order valence-electron chi connectivity index (χ2n) is 3.68. The molecule has 0 aromatic heterocycles. The minimum Gasteiger partial charge on any atom is -0.322 e. The molecular weight excluding hydrogens is 260 g/mol. The second-order valence-corrected chi connectivity index (χ2v) is 4.11. The Labute approximate surface area is 117 Å². The predicted octanol–water partition coefficient (Wildman–Crippen LogP) is 3.86. The van der Waals surface area contributed by atoms with Crippen LogP contribution >= 0.6 is 11.6 Å². The molecule has 1 amide bonds. The number of amides is 1. The summed E-state index contributed by atoms with van der Waals surface area (Å²) in [4.78, 5) is 11.8. The summed E-state index contributed by atoms with van der Waals surface area (Å²) in [5.41, 5.74) is 1.38. The summed E-state index contributed by atoms with van der Waals surface area (Å²) < 4.78 is 0. The summed E-state index contributed by atoms with van der Waals surface area (Å²) in [6.07, 6.45) is 4.70. The highest BCUT2D eigenvalue weighted by Gasteiger charge is 2.04. The normalized spacial score (nSPS) is 11.1. The molecule has 1 N–H and O–H groups in total. The lowest BCUT2D eigenvalue weighted by molar-refractivity contribution is -0.112. The SMILES string of the molecule is C=C(/C=C\C(C#N)=C/C)C(=O)Nc1ccc(Cl)cc1.